The second-order valence-corrected chi connectivity index (χ2v) is 4.27. The van der Waals surface area contributed by atoms with Crippen LogP contribution in [0.2, 0.25) is 0 Å². The minimum Gasteiger partial charge on any atom is -0.294 e. The van der Waals surface area contributed by atoms with Crippen molar-refractivity contribution in [1.82, 2.24) is 0 Å². The van der Waals surface area contributed by atoms with Gasteiger partial charge in [-0.15, -0.1) is 0 Å². The predicted molar refractivity (Wildman–Crippen MR) is 62.3 cm³/mol. The lowest BCUT2D eigenvalue weighted by atomic mass is 10.0. The van der Waals surface area contributed by atoms with Crippen LogP contribution in [0.25, 0.3) is 0 Å². The first-order valence-electron chi connectivity index (χ1n) is 5.83. The summed E-state index contributed by atoms with van der Waals surface area (Å²) in [5.74, 6) is 0.171. The van der Waals surface area contributed by atoms with Gasteiger partial charge in [0.05, 0.1) is 6.07 Å². The van der Waals surface area contributed by atoms with Crippen molar-refractivity contribution >= 4 is 5.78 Å². The van der Waals surface area contributed by atoms with Gasteiger partial charge in [-0.25, -0.2) is 0 Å². The van der Waals surface area contributed by atoms with Crippen molar-refractivity contribution in [3.63, 3.8) is 0 Å². The van der Waals surface area contributed by atoms with Crippen molar-refractivity contribution in [2.24, 2.45) is 0 Å². The van der Waals surface area contributed by atoms with E-state index in [-0.39, 0.29) is 5.78 Å². The first-order chi connectivity index (χ1) is 7.81. The fraction of sp³-hybridized carbons (Fsp3) is 0.429. The quantitative estimate of drug-likeness (QED) is 0.569. The van der Waals surface area contributed by atoms with Gasteiger partial charge in [-0.2, -0.15) is 5.26 Å². The minimum atomic E-state index is 0.171. The first kappa shape index (κ1) is 10.9. The van der Waals surface area contributed by atoms with Crippen LogP contribution in [0, 0.1) is 11.3 Å². The summed E-state index contributed by atoms with van der Waals surface area (Å²) in [5.41, 5.74) is 3.55. The molecule has 1 aromatic carbocycles. The third-order valence-corrected chi connectivity index (χ3v) is 3.11. The molecule has 0 fully saturated rings. The third kappa shape index (κ3) is 2.30. The van der Waals surface area contributed by atoms with E-state index in [1.165, 1.54) is 17.5 Å². The topological polar surface area (TPSA) is 40.9 Å². The number of Topliss-reactive ketones (excluding diaryl/α,β-unsaturated/α-hetero) is 1. The highest BCUT2D eigenvalue weighted by Gasteiger charge is 2.13. The van der Waals surface area contributed by atoms with Crippen molar-refractivity contribution in [3.05, 3.63) is 34.9 Å². The Morgan fingerprint density at radius 1 is 1.31 bits per heavy atom. The molecule has 0 bridgehead atoms. The van der Waals surface area contributed by atoms with Crippen molar-refractivity contribution in [3.8, 4) is 6.07 Å². The van der Waals surface area contributed by atoms with Crippen LogP contribution in [0.3, 0.4) is 0 Å². The molecule has 82 valence electrons. The summed E-state index contributed by atoms with van der Waals surface area (Å²) in [6.07, 6.45) is 5.10. The molecule has 0 amide bonds. The van der Waals surface area contributed by atoms with Gasteiger partial charge in [0, 0.05) is 18.4 Å². The Hall–Kier alpha value is -1.62. The molecule has 1 aliphatic rings. The molecule has 1 aliphatic carbocycles. The number of fused-ring (bicyclic) bond motifs is 1. The number of ketones is 1. The SMILES string of the molecule is N#CCCCC(=O)c1ccc2c(c1)CCC2. The Labute approximate surface area is 95.9 Å². The van der Waals surface area contributed by atoms with Gasteiger partial charge < -0.3 is 0 Å². The lowest BCUT2D eigenvalue weighted by Gasteiger charge is -2.03. The number of carbonyl (C=O) groups excluding carboxylic acids is 1. The summed E-state index contributed by atoms with van der Waals surface area (Å²) in [6, 6.07) is 8.12. The van der Waals surface area contributed by atoms with Crippen molar-refractivity contribution in [2.75, 3.05) is 0 Å². The van der Waals surface area contributed by atoms with Crippen molar-refractivity contribution in [1.29, 1.82) is 5.26 Å². The molecule has 0 aromatic heterocycles. The Morgan fingerprint density at radius 3 is 2.94 bits per heavy atom. The molecular weight excluding hydrogens is 198 g/mol. The fourth-order valence-corrected chi connectivity index (χ4v) is 2.22. The number of nitriles is 1. The smallest absolute Gasteiger partial charge is 0.162 e. The molecule has 0 saturated heterocycles. The largest absolute Gasteiger partial charge is 0.294 e. The number of hydrogen-bond donors (Lipinski definition) is 0. The van der Waals surface area contributed by atoms with Crippen LogP contribution < -0.4 is 0 Å². The van der Waals surface area contributed by atoms with Crippen LogP contribution >= 0.6 is 0 Å². The number of rotatable bonds is 4. The Morgan fingerprint density at radius 2 is 2.12 bits per heavy atom. The van der Waals surface area contributed by atoms with Gasteiger partial charge >= 0.3 is 0 Å². The van der Waals surface area contributed by atoms with E-state index in [9.17, 15) is 4.79 Å². The molecule has 0 aliphatic heterocycles. The van der Waals surface area contributed by atoms with Crippen LogP contribution in [0.5, 0.6) is 0 Å². The van der Waals surface area contributed by atoms with E-state index in [4.69, 9.17) is 5.26 Å². The van der Waals surface area contributed by atoms with Gasteiger partial charge in [0.2, 0.25) is 0 Å². The molecule has 0 spiro atoms. The molecule has 0 radical (unpaired) electrons. The minimum absolute atomic E-state index is 0.171. The summed E-state index contributed by atoms with van der Waals surface area (Å²) in [4.78, 5) is 11.8. The van der Waals surface area contributed by atoms with Gasteiger partial charge in [0.25, 0.3) is 0 Å². The molecule has 0 saturated carbocycles. The monoisotopic (exact) mass is 213 g/mol. The summed E-state index contributed by atoms with van der Waals surface area (Å²) in [6.45, 7) is 0. The summed E-state index contributed by atoms with van der Waals surface area (Å²) >= 11 is 0. The molecular formula is C14H15NO. The number of aryl methyl sites for hydroxylation is 2. The zero-order chi connectivity index (χ0) is 11.4. The van der Waals surface area contributed by atoms with Crippen molar-refractivity contribution in [2.45, 2.75) is 38.5 Å². The molecule has 0 N–H and O–H groups in total. The average molecular weight is 213 g/mol. The highest BCUT2D eigenvalue weighted by atomic mass is 16.1. The van der Waals surface area contributed by atoms with Crippen LogP contribution in [0.15, 0.2) is 18.2 Å². The summed E-state index contributed by atoms with van der Waals surface area (Å²) in [5, 5.41) is 8.42. The highest BCUT2D eigenvalue weighted by molar-refractivity contribution is 5.96. The number of nitrogens with zero attached hydrogens (tertiary/aromatic N) is 1. The van der Waals surface area contributed by atoms with Gasteiger partial charge in [0.1, 0.15) is 0 Å². The molecule has 0 unspecified atom stereocenters. The molecule has 0 atom stereocenters. The summed E-state index contributed by atoms with van der Waals surface area (Å²) < 4.78 is 0. The number of unbranched alkanes of at least 4 members (excludes halogenated alkanes) is 1. The van der Waals surface area contributed by atoms with Gasteiger partial charge in [-0.05, 0) is 42.9 Å². The van der Waals surface area contributed by atoms with E-state index in [0.29, 0.717) is 19.3 Å². The average Bonchev–Trinajstić information content (AvgIpc) is 2.76. The second-order valence-electron chi connectivity index (χ2n) is 4.27. The Kier molecular flexibility index (Phi) is 3.36. The lowest BCUT2D eigenvalue weighted by molar-refractivity contribution is 0.0980. The van der Waals surface area contributed by atoms with Gasteiger partial charge in [0.15, 0.2) is 5.78 Å². The number of benzene rings is 1. The maximum atomic E-state index is 11.8. The van der Waals surface area contributed by atoms with E-state index < -0.39 is 0 Å². The van der Waals surface area contributed by atoms with E-state index in [2.05, 4.69) is 12.1 Å². The van der Waals surface area contributed by atoms with E-state index in [0.717, 1.165) is 18.4 Å². The molecule has 2 rings (SSSR count). The Balaban J connectivity index is 2.04. The van der Waals surface area contributed by atoms with Crippen LogP contribution in [-0.4, -0.2) is 5.78 Å². The van der Waals surface area contributed by atoms with E-state index in [1.54, 1.807) is 0 Å². The fourth-order valence-electron chi connectivity index (χ4n) is 2.22. The highest BCUT2D eigenvalue weighted by Crippen LogP contribution is 2.23. The van der Waals surface area contributed by atoms with Gasteiger partial charge in [-0.3, -0.25) is 4.79 Å². The van der Waals surface area contributed by atoms with Crippen LogP contribution in [0.1, 0.15) is 47.2 Å². The van der Waals surface area contributed by atoms with Crippen LogP contribution in [0.4, 0.5) is 0 Å². The van der Waals surface area contributed by atoms with E-state index in [1.807, 2.05) is 12.1 Å². The zero-order valence-electron chi connectivity index (χ0n) is 9.33. The third-order valence-electron chi connectivity index (χ3n) is 3.11. The molecule has 16 heavy (non-hydrogen) atoms. The molecule has 0 heterocycles. The standard InChI is InChI=1S/C14H15NO/c15-9-2-1-6-14(16)13-8-7-11-4-3-5-12(11)10-13/h7-8,10H,1-6H2. The first-order valence-corrected chi connectivity index (χ1v) is 5.83. The van der Waals surface area contributed by atoms with Crippen molar-refractivity contribution < 1.29 is 4.79 Å². The Bertz CT molecular complexity index is 443. The zero-order valence-corrected chi connectivity index (χ0v) is 9.33. The van der Waals surface area contributed by atoms with Crippen LogP contribution in [-0.2, 0) is 12.8 Å². The van der Waals surface area contributed by atoms with E-state index >= 15 is 0 Å². The molecule has 2 heteroatoms. The molecule has 2 nitrogen and oxygen atoms in total. The predicted octanol–water partition coefficient (Wildman–Crippen LogP) is 3.05. The number of hydrogen-bond acceptors (Lipinski definition) is 2. The molecule has 1 aromatic rings. The second kappa shape index (κ2) is 4.94. The normalized spacial score (nSPS) is 13.2. The number of carbonyl (C=O) groups is 1. The van der Waals surface area contributed by atoms with Gasteiger partial charge in [-0.1, -0.05) is 12.1 Å². The maximum absolute atomic E-state index is 11.8. The summed E-state index contributed by atoms with van der Waals surface area (Å²) in [7, 11) is 0. The lowest BCUT2D eigenvalue weighted by Crippen LogP contribution is -2.00. The maximum Gasteiger partial charge on any atom is 0.162 e.